The molecule has 0 saturated carbocycles. The van der Waals surface area contributed by atoms with Gasteiger partial charge in [0.1, 0.15) is 0 Å². The maximum Gasteiger partial charge on any atom is 0.390 e. The second-order valence-electron chi connectivity index (χ2n) is 4.71. The molecule has 1 unspecified atom stereocenters. The maximum absolute atomic E-state index is 12.1. The summed E-state index contributed by atoms with van der Waals surface area (Å²) < 4.78 is 36.3. The lowest BCUT2D eigenvalue weighted by Crippen LogP contribution is -2.28. The van der Waals surface area contributed by atoms with E-state index in [9.17, 15) is 13.2 Å². The lowest BCUT2D eigenvalue weighted by atomic mass is 10.0. The third-order valence-corrected chi connectivity index (χ3v) is 3.13. The number of nitrogens with one attached hydrogen (secondary N) is 1. The number of hydrogen-bond acceptors (Lipinski definition) is 2. The van der Waals surface area contributed by atoms with E-state index in [1.54, 1.807) is 11.9 Å². The van der Waals surface area contributed by atoms with Gasteiger partial charge in [0.05, 0.1) is 6.42 Å². The molecular weight excluding hydrogens is 253 g/mol. The molecule has 1 rings (SSSR count). The second-order valence-corrected chi connectivity index (χ2v) is 4.71. The van der Waals surface area contributed by atoms with E-state index in [4.69, 9.17) is 0 Å². The van der Waals surface area contributed by atoms with E-state index >= 15 is 0 Å². The summed E-state index contributed by atoms with van der Waals surface area (Å²) in [6.07, 6.45) is -4.04. The predicted octanol–water partition coefficient (Wildman–Crippen LogP) is 3.22. The van der Waals surface area contributed by atoms with Crippen LogP contribution < -0.4 is 5.32 Å². The van der Waals surface area contributed by atoms with E-state index in [0.717, 1.165) is 12.0 Å². The van der Waals surface area contributed by atoms with Crippen LogP contribution in [0.15, 0.2) is 30.3 Å². The first-order valence-corrected chi connectivity index (χ1v) is 6.40. The highest BCUT2D eigenvalue weighted by atomic mass is 19.4. The summed E-state index contributed by atoms with van der Waals surface area (Å²) in [7, 11) is 3.59. The van der Waals surface area contributed by atoms with E-state index in [-0.39, 0.29) is 12.6 Å². The van der Waals surface area contributed by atoms with Crippen molar-refractivity contribution >= 4 is 0 Å². The minimum atomic E-state index is -4.07. The zero-order valence-corrected chi connectivity index (χ0v) is 11.4. The van der Waals surface area contributed by atoms with E-state index in [1.165, 1.54) is 0 Å². The number of hydrogen-bond donors (Lipinski definition) is 1. The van der Waals surface area contributed by atoms with Crippen molar-refractivity contribution in [3.05, 3.63) is 35.9 Å². The molecule has 2 nitrogen and oxygen atoms in total. The second kappa shape index (κ2) is 7.50. The molecule has 0 amide bonds. The molecule has 0 aromatic heterocycles. The van der Waals surface area contributed by atoms with Crippen LogP contribution in [0.1, 0.15) is 24.4 Å². The van der Waals surface area contributed by atoms with Crippen molar-refractivity contribution in [3.63, 3.8) is 0 Å². The Morgan fingerprint density at radius 1 is 1.16 bits per heavy atom. The molecule has 108 valence electrons. The molecule has 0 aliphatic rings. The number of rotatable bonds is 7. The minimum absolute atomic E-state index is 0.0503. The van der Waals surface area contributed by atoms with Crippen LogP contribution in [-0.4, -0.2) is 38.3 Å². The Bertz CT molecular complexity index is 351. The zero-order valence-electron chi connectivity index (χ0n) is 11.4. The molecule has 0 bridgehead atoms. The fraction of sp³-hybridized carbons (Fsp3) is 0.571. The van der Waals surface area contributed by atoms with Gasteiger partial charge in [0.15, 0.2) is 0 Å². The summed E-state index contributed by atoms with van der Waals surface area (Å²) in [5, 5.41) is 3.20. The Morgan fingerprint density at radius 2 is 1.79 bits per heavy atom. The summed E-state index contributed by atoms with van der Waals surface area (Å²) in [6, 6.07) is 10.1. The molecule has 19 heavy (non-hydrogen) atoms. The Hall–Kier alpha value is -1.07. The quantitative estimate of drug-likeness (QED) is 0.821. The molecule has 1 aromatic carbocycles. The third-order valence-electron chi connectivity index (χ3n) is 3.13. The van der Waals surface area contributed by atoms with Crippen molar-refractivity contribution in [2.24, 2.45) is 0 Å². The minimum Gasteiger partial charge on any atom is -0.313 e. The molecule has 0 saturated heterocycles. The smallest absolute Gasteiger partial charge is 0.313 e. The molecule has 0 radical (unpaired) electrons. The van der Waals surface area contributed by atoms with Gasteiger partial charge in [-0.05, 0) is 32.6 Å². The van der Waals surface area contributed by atoms with Crippen LogP contribution in [0.3, 0.4) is 0 Å². The molecule has 0 spiro atoms. The van der Waals surface area contributed by atoms with E-state index in [0.29, 0.717) is 6.54 Å². The summed E-state index contributed by atoms with van der Waals surface area (Å²) in [5.41, 5.74) is 1.16. The first kappa shape index (κ1) is 16.0. The van der Waals surface area contributed by atoms with Gasteiger partial charge in [-0.25, -0.2) is 0 Å². The monoisotopic (exact) mass is 274 g/mol. The van der Waals surface area contributed by atoms with Crippen molar-refractivity contribution in [3.8, 4) is 0 Å². The van der Waals surface area contributed by atoms with Gasteiger partial charge in [0.2, 0.25) is 0 Å². The summed E-state index contributed by atoms with van der Waals surface area (Å²) >= 11 is 0. The molecule has 0 heterocycles. The lowest BCUT2D eigenvalue weighted by molar-refractivity contribution is -0.137. The Kier molecular flexibility index (Phi) is 6.31. The SMILES string of the molecule is CNC(CCN(C)CCC(F)(F)F)c1ccccc1. The molecule has 1 atom stereocenters. The molecular formula is C14H21F3N2. The van der Waals surface area contributed by atoms with Gasteiger partial charge in [-0.3, -0.25) is 0 Å². The molecule has 0 fully saturated rings. The summed E-state index contributed by atoms with van der Waals surface area (Å²) in [4.78, 5) is 1.72. The van der Waals surface area contributed by atoms with Gasteiger partial charge >= 0.3 is 6.18 Å². The first-order valence-electron chi connectivity index (χ1n) is 6.40. The zero-order chi connectivity index (χ0) is 14.3. The van der Waals surface area contributed by atoms with Crippen LogP contribution in [0.4, 0.5) is 13.2 Å². The van der Waals surface area contributed by atoms with Crippen molar-refractivity contribution in [2.75, 3.05) is 27.2 Å². The average Bonchev–Trinajstić information content (AvgIpc) is 2.37. The summed E-state index contributed by atoms with van der Waals surface area (Å²) in [6.45, 7) is 0.686. The molecule has 1 aromatic rings. The average molecular weight is 274 g/mol. The standard InChI is InChI=1S/C14H21F3N2/c1-18-13(12-6-4-3-5-7-12)8-10-19(2)11-9-14(15,16)17/h3-7,13,18H,8-11H2,1-2H3. The van der Waals surface area contributed by atoms with E-state index in [2.05, 4.69) is 5.32 Å². The van der Waals surface area contributed by atoms with Gasteiger partial charge in [-0.15, -0.1) is 0 Å². The predicted molar refractivity (Wildman–Crippen MR) is 71.0 cm³/mol. The van der Waals surface area contributed by atoms with Gasteiger partial charge in [0.25, 0.3) is 0 Å². The van der Waals surface area contributed by atoms with Crippen LogP contribution in [0.2, 0.25) is 0 Å². The normalized spacial score (nSPS) is 13.8. The fourth-order valence-corrected chi connectivity index (χ4v) is 1.94. The number of alkyl halides is 3. The molecule has 5 heteroatoms. The molecule has 0 aliphatic heterocycles. The molecule has 1 N–H and O–H groups in total. The highest BCUT2D eigenvalue weighted by molar-refractivity contribution is 5.18. The number of benzene rings is 1. The number of nitrogens with zero attached hydrogens (tertiary/aromatic N) is 1. The van der Waals surface area contributed by atoms with Crippen LogP contribution in [0.5, 0.6) is 0 Å². The van der Waals surface area contributed by atoms with Crippen molar-refractivity contribution in [1.29, 1.82) is 0 Å². The Balaban J connectivity index is 2.37. The first-order chi connectivity index (χ1) is 8.92. The van der Waals surface area contributed by atoms with Crippen LogP contribution in [-0.2, 0) is 0 Å². The van der Waals surface area contributed by atoms with Gasteiger partial charge in [-0.2, -0.15) is 13.2 Å². The van der Waals surface area contributed by atoms with E-state index < -0.39 is 12.6 Å². The van der Waals surface area contributed by atoms with E-state index in [1.807, 2.05) is 37.4 Å². The van der Waals surface area contributed by atoms with Crippen LogP contribution >= 0.6 is 0 Å². The highest BCUT2D eigenvalue weighted by Crippen LogP contribution is 2.20. The lowest BCUT2D eigenvalue weighted by Gasteiger charge is -2.22. The molecule has 0 aliphatic carbocycles. The van der Waals surface area contributed by atoms with Crippen molar-refractivity contribution in [1.82, 2.24) is 10.2 Å². The van der Waals surface area contributed by atoms with Crippen LogP contribution in [0.25, 0.3) is 0 Å². The van der Waals surface area contributed by atoms with Gasteiger partial charge < -0.3 is 10.2 Å². The van der Waals surface area contributed by atoms with Crippen molar-refractivity contribution in [2.45, 2.75) is 25.1 Å². The summed E-state index contributed by atoms with van der Waals surface area (Å²) in [5.74, 6) is 0. The third kappa shape index (κ3) is 6.59. The Morgan fingerprint density at radius 3 is 2.32 bits per heavy atom. The maximum atomic E-state index is 12.1. The Labute approximate surface area is 112 Å². The van der Waals surface area contributed by atoms with Gasteiger partial charge in [0, 0.05) is 12.6 Å². The fourth-order valence-electron chi connectivity index (χ4n) is 1.94. The largest absolute Gasteiger partial charge is 0.390 e. The topological polar surface area (TPSA) is 15.3 Å². The number of halogens is 3. The van der Waals surface area contributed by atoms with Gasteiger partial charge in [-0.1, -0.05) is 30.3 Å². The van der Waals surface area contributed by atoms with Crippen LogP contribution in [0, 0.1) is 0 Å². The van der Waals surface area contributed by atoms with Crippen molar-refractivity contribution < 1.29 is 13.2 Å². The highest BCUT2D eigenvalue weighted by Gasteiger charge is 2.27.